The van der Waals surface area contributed by atoms with Crippen molar-refractivity contribution < 1.29 is 18.7 Å². The largest absolute Gasteiger partial charge is 0.507 e. The maximum atomic E-state index is 13.3. The van der Waals surface area contributed by atoms with Gasteiger partial charge in [0.2, 0.25) is 5.91 Å². The molecule has 4 aromatic rings. The molecule has 3 aromatic carbocycles. The van der Waals surface area contributed by atoms with Crippen molar-refractivity contribution in [3.63, 3.8) is 0 Å². The van der Waals surface area contributed by atoms with Gasteiger partial charge in [0.1, 0.15) is 5.75 Å². The number of hydrogen-bond acceptors (Lipinski definition) is 5. The second-order valence-corrected chi connectivity index (χ2v) is 9.68. The fraction of sp³-hybridized carbons (Fsp3) is 0.160. The predicted octanol–water partition coefficient (Wildman–Crippen LogP) is 6.69. The summed E-state index contributed by atoms with van der Waals surface area (Å²) in [7, 11) is 0. The number of rotatable bonds is 7. The summed E-state index contributed by atoms with van der Waals surface area (Å²) in [6, 6.07) is 16.7. The van der Waals surface area contributed by atoms with Crippen LogP contribution in [0.3, 0.4) is 0 Å². The van der Waals surface area contributed by atoms with Gasteiger partial charge < -0.3 is 10.4 Å². The first-order chi connectivity index (χ1) is 16.7. The zero-order valence-corrected chi connectivity index (χ0v) is 21.2. The zero-order valence-electron chi connectivity index (χ0n) is 18.8. The molecule has 35 heavy (non-hydrogen) atoms. The number of carbonyl (C=O) groups is 1. The molecule has 1 heterocycles. The summed E-state index contributed by atoms with van der Waals surface area (Å²) in [5.41, 5.74) is 3.13. The maximum Gasteiger partial charge on any atom is 0.265 e. The molecule has 0 atom stereocenters. The number of phenolic OH excluding ortho intramolecular Hbond substituents is 1. The summed E-state index contributed by atoms with van der Waals surface area (Å²) < 4.78 is 29.1. The van der Waals surface area contributed by atoms with Crippen LogP contribution in [0.5, 0.6) is 5.75 Å². The van der Waals surface area contributed by atoms with Crippen molar-refractivity contribution in [2.45, 2.75) is 25.4 Å². The lowest BCUT2D eigenvalue weighted by molar-refractivity contribution is -0.113. The van der Waals surface area contributed by atoms with Gasteiger partial charge in [-0.2, -0.15) is 0 Å². The van der Waals surface area contributed by atoms with Gasteiger partial charge in [-0.05, 0) is 49.7 Å². The summed E-state index contributed by atoms with van der Waals surface area (Å²) in [6.07, 6.45) is -2.70. The van der Waals surface area contributed by atoms with E-state index in [9.17, 15) is 18.7 Å². The fourth-order valence-corrected chi connectivity index (χ4v) is 4.72. The molecule has 0 bridgehead atoms. The van der Waals surface area contributed by atoms with E-state index >= 15 is 0 Å². The maximum absolute atomic E-state index is 13.3. The number of anilines is 1. The average Bonchev–Trinajstić information content (AvgIpc) is 3.23. The van der Waals surface area contributed by atoms with Crippen LogP contribution in [0, 0.1) is 13.8 Å². The second-order valence-electron chi connectivity index (χ2n) is 7.82. The van der Waals surface area contributed by atoms with Crippen LogP contribution >= 0.6 is 27.7 Å². The molecule has 1 amide bonds. The third-order valence-electron chi connectivity index (χ3n) is 5.23. The molecule has 10 heteroatoms. The van der Waals surface area contributed by atoms with Gasteiger partial charge in [0.15, 0.2) is 11.0 Å². The number of nitrogens with one attached hydrogen (secondary N) is 1. The van der Waals surface area contributed by atoms with Crippen molar-refractivity contribution in [3.8, 4) is 22.8 Å². The first kappa shape index (κ1) is 24.9. The monoisotopic (exact) mass is 558 g/mol. The Hall–Kier alpha value is -3.24. The number of benzene rings is 3. The van der Waals surface area contributed by atoms with E-state index in [4.69, 9.17) is 0 Å². The molecule has 0 saturated heterocycles. The summed E-state index contributed by atoms with van der Waals surface area (Å²) >= 11 is 4.54. The Labute approximate surface area is 213 Å². The van der Waals surface area contributed by atoms with Crippen LogP contribution in [-0.2, 0) is 4.79 Å². The molecule has 2 N–H and O–H groups in total. The Kier molecular flexibility index (Phi) is 7.51. The van der Waals surface area contributed by atoms with E-state index in [-0.39, 0.29) is 22.8 Å². The summed E-state index contributed by atoms with van der Waals surface area (Å²) in [6.45, 7) is 3.94. The van der Waals surface area contributed by atoms with Crippen LogP contribution in [0.4, 0.5) is 14.5 Å². The van der Waals surface area contributed by atoms with Crippen LogP contribution in [0.2, 0.25) is 0 Å². The van der Waals surface area contributed by atoms with Crippen LogP contribution in [0.15, 0.2) is 70.3 Å². The number of aromatic hydroxyl groups is 1. The van der Waals surface area contributed by atoms with Crippen molar-refractivity contribution in [3.05, 3.63) is 81.8 Å². The lowest BCUT2D eigenvalue weighted by Crippen LogP contribution is -2.16. The molecule has 0 unspecified atom stereocenters. The number of aromatic nitrogens is 3. The van der Waals surface area contributed by atoms with Crippen molar-refractivity contribution in [1.82, 2.24) is 14.8 Å². The Bertz CT molecular complexity index is 1390. The topological polar surface area (TPSA) is 80.0 Å². The number of phenols is 1. The van der Waals surface area contributed by atoms with Gasteiger partial charge in [-0.3, -0.25) is 9.36 Å². The average molecular weight is 559 g/mol. The molecule has 180 valence electrons. The Morgan fingerprint density at radius 1 is 1.11 bits per heavy atom. The van der Waals surface area contributed by atoms with Crippen LogP contribution in [0.25, 0.3) is 17.1 Å². The number of amides is 1. The highest BCUT2D eigenvalue weighted by Gasteiger charge is 2.21. The number of para-hydroxylation sites is 1. The van der Waals surface area contributed by atoms with Gasteiger partial charge in [0.25, 0.3) is 6.43 Å². The number of nitrogens with zero attached hydrogens (tertiary/aromatic N) is 3. The highest BCUT2D eigenvalue weighted by Crippen LogP contribution is 2.35. The first-order valence-corrected chi connectivity index (χ1v) is 12.3. The van der Waals surface area contributed by atoms with Gasteiger partial charge in [-0.15, -0.1) is 10.2 Å². The molecule has 4 rings (SSSR count). The van der Waals surface area contributed by atoms with Crippen LogP contribution in [0.1, 0.15) is 23.1 Å². The molecular weight excluding hydrogens is 538 g/mol. The van der Waals surface area contributed by atoms with E-state index in [0.29, 0.717) is 16.5 Å². The van der Waals surface area contributed by atoms with E-state index in [0.717, 1.165) is 33.0 Å². The summed E-state index contributed by atoms with van der Waals surface area (Å²) in [4.78, 5) is 12.6. The molecule has 0 saturated carbocycles. The quantitative estimate of drug-likeness (QED) is 0.247. The lowest BCUT2D eigenvalue weighted by atomic mass is 10.1. The minimum atomic E-state index is -2.70. The zero-order chi connectivity index (χ0) is 25.1. The predicted molar refractivity (Wildman–Crippen MR) is 136 cm³/mol. The third kappa shape index (κ3) is 5.54. The van der Waals surface area contributed by atoms with Crippen molar-refractivity contribution in [2.24, 2.45) is 0 Å². The smallest absolute Gasteiger partial charge is 0.265 e. The molecule has 1 aromatic heterocycles. The number of alkyl halides is 2. The fourth-order valence-electron chi connectivity index (χ4n) is 3.62. The minimum absolute atomic E-state index is 0.0320. The highest BCUT2D eigenvalue weighted by molar-refractivity contribution is 9.10. The molecule has 0 fully saturated rings. The van der Waals surface area contributed by atoms with Gasteiger partial charge in [0, 0.05) is 15.7 Å². The van der Waals surface area contributed by atoms with Gasteiger partial charge >= 0.3 is 0 Å². The van der Waals surface area contributed by atoms with Gasteiger partial charge in [0.05, 0.1) is 17.0 Å². The van der Waals surface area contributed by atoms with E-state index in [2.05, 4.69) is 31.4 Å². The lowest BCUT2D eigenvalue weighted by Gasteiger charge is -2.14. The van der Waals surface area contributed by atoms with Crippen molar-refractivity contribution in [1.29, 1.82) is 0 Å². The number of aryl methyl sites for hydroxylation is 2. The number of halogens is 3. The molecule has 0 aliphatic carbocycles. The molecule has 0 aliphatic heterocycles. The molecular formula is C25H21BrF2N4O2S. The minimum Gasteiger partial charge on any atom is -0.507 e. The second kappa shape index (κ2) is 10.6. The third-order valence-corrected chi connectivity index (χ3v) is 6.65. The van der Waals surface area contributed by atoms with Crippen molar-refractivity contribution >= 4 is 39.3 Å². The van der Waals surface area contributed by atoms with E-state index in [1.807, 2.05) is 32.0 Å². The van der Waals surface area contributed by atoms with Crippen LogP contribution < -0.4 is 5.32 Å². The Morgan fingerprint density at radius 2 is 1.89 bits per heavy atom. The van der Waals surface area contributed by atoms with Gasteiger partial charge in [-0.25, -0.2) is 8.78 Å². The van der Waals surface area contributed by atoms with E-state index < -0.39 is 12.3 Å². The first-order valence-electron chi connectivity index (χ1n) is 10.6. The Morgan fingerprint density at radius 3 is 2.63 bits per heavy atom. The van der Waals surface area contributed by atoms with Crippen molar-refractivity contribution in [2.75, 3.05) is 11.1 Å². The SMILES string of the molecule is Cc1ccc(-n2c(SCC(=O)Nc3ccccc3C(F)F)nnc2-c2cc(Br)ccc2O)c(C)c1. The molecule has 0 aliphatic rings. The highest BCUT2D eigenvalue weighted by atomic mass is 79.9. The number of thioether (sulfide) groups is 1. The molecule has 0 radical (unpaired) electrons. The molecule has 0 spiro atoms. The standard InChI is InChI=1S/C25H21BrF2N4O2S/c1-14-7-9-20(15(2)11-14)32-24(18-12-16(26)8-10-21(18)33)30-31-25(32)35-13-22(34)29-19-6-4-3-5-17(19)23(27)28/h3-12,23,33H,13H2,1-2H3,(H,29,34). The molecule has 6 nitrogen and oxygen atoms in total. The van der Waals surface area contributed by atoms with E-state index in [1.54, 1.807) is 28.8 Å². The van der Waals surface area contributed by atoms with Gasteiger partial charge in [-0.1, -0.05) is 63.6 Å². The Balaban J connectivity index is 1.67. The summed E-state index contributed by atoms with van der Waals surface area (Å²) in [5.74, 6) is -0.0956. The normalized spacial score (nSPS) is 11.1. The van der Waals surface area contributed by atoms with E-state index in [1.165, 1.54) is 18.2 Å². The number of carbonyl (C=O) groups excluding carboxylic acids is 1. The number of hydrogen-bond donors (Lipinski definition) is 2. The summed E-state index contributed by atoms with van der Waals surface area (Å²) in [5, 5.41) is 22.1. The van der Waals surface area contributed by atoms with Crippen LogP contribution in [-0.4, -0.2) is 31.5 Å².